The fourth-order valence-corrected chi connectivity index (χ4v) is 2.36. The molecule has 1 heterocycles. The molecule has 2 rings (SSSR count). The lowest BCUT2D eigenvalue weighted by Gasteiger charge is -2.17. The molecule has 0 radical (unpaired) electrons. The monoisotopic (exact) mass is 259 g/mol. The largest absolute Gasteiger partial charge is 0.360 e. The molecule has 19 heavy (non-hydrogen) atoms. The van der Waals surface area contributed by atoms with Crippen molar-refractivity contribution < 1.29 is 4.79 Å². The lowest BCUT2D eigenvalue weighted by Crippen LogP contribution is -2.27. The molecule has 0 saturated carbocycles. The first-order valence-corrected chi connectivity index (χ1v) is 6.66. The maximum absolute atomic E-state index is 12.0. The van der Waals surface area contributed by atoms with Gasteiger partial charge in [-0.3, -0.25) is 0 Å². The number of likely N-dealkylation sites (tertiary alicyclic amines) is 1. The van der Waals surface area contributed by atoms with E-state index >= 15 is 0 Å². The quantitative estimate of drug-likeness (QED) is 0.840. The van der Waals surface area contributed by atoms with E-state index in [0.29, 0.717) is 6.04 Å². The van der Waals surface area contributed by atoms with Crippen molar-refractivity contribution in [1.82, 2.24) is 4.90 Å². The molecule has 4 nitrogen and oxygen atoms in total. The second-order valence-corrected chi connectivity index (χ2v) is 5.22. The molecule has 1 aromatic rings. The van der Waals surface area contributed by atoms with Crippen LogP contribution in [0.25, 0.3) is 0 Å². The van der Waals surface area contributed by atoms with Crippen LogP contribution in [0.5, 0.6) is 0 Å². The Morgan fingerprint density at radius 1 is 1.37 bits per heavy atom. The number of hydrogen-bond donors (Lipinski definition) is 1. The van der Waals surface area contributed by atoms with Crippen LogP contribution in [0.2, 0.25) is 0 Å². The molecule has 102 valence electrons. The second kappa shape index (κ2) is 5.43. The summed E-state index contributed by atoms with van der Waals surface area (Å²) in [6, 6.07) is 6.14. The van der Waals surface area contributed by atoms with Crippen molar-refractivity contribution >= 4 is 17.6 Å². The highest BCUT2D eigenvalue weighted by Crippen LogP contribution is 2.21. The van der Waals surface area contributed by atoms with Gasteiger partial charge in [0.15, 0.2) is 0 Å². The van der Waals surface area contributed by atoms with Gasteiger partial charge in [0.1, 0.15) is 5.84 Å². The van der Waals surface area contributed by atoms with Gasteiger partial charge in [-0.2, -0.15) is 4.99 Å². The van der Waals surface area contributed by atoms with Crippen LogP contribution in [0, 0.1) is 13.8 Å². The molecular formula is C15H21N3O. The third kappa shape index (κ3) is 2.95. The number of amides is 2. The minimum absolute atomic E-state index is 0.284. The van der Waals surface area contributed by atoms with Crippen molar-refractivity contribution in [3.8, 4) is 0 Å². The molecule has 1 N–H and O–H groups in total. The van der Waals surface area contributed by atoms with Gasteiger partial charge < -0.3 is 10.2 Å². The highest BCUT2D eigenvalue weighted by Gasteiger charge is 2.22. The summed E-state index contributed by atoms with van der Waals surface area (Å²) in [5.74, 6) is 0.872. The van der Waals surface area contributed by atoms with E-state index < -0.39 is 0 Å². The van der Waals surface area contributed by atoms with Crippen molar-refractivity contribution in [2.45, 2.75) is 39.7 Å². The highest BCUT2D eigenvalue weighted by atomic mass is 16.2. The summed E-state index contributed by atoms with van der Waals surface area (Å²) >= 11 is 0. The molecule has 1 aliphatic heterocycles. The van der Waals surface area contributed by atoms with E-state index in [4.69, 9.17) is 0 Å². The van der Waals surface area contributed by atoms with Crippen LogP contribution >= 0.6 is 0 Å². The van der Waals surface area contributed by atoms with Gasteiger partial charge in [0.25, 0.3) is 0 Å². The smallest absolute Gasteiger partial charge is 0.347 e. The number of rotatable bonds is 1. The number of hydrogen-bond acceptors (Lipinski definition) is 1. The van der Waals surface area contributed by atoms with Gasteiger partial charge in [-0.25, -0.2) is 4.79 Å². The summed E-state index contributed by atoms with van der Waals surface area (Å²) < 4.78 is 0. The van der Waals surface area contributed by atoms with Crippen molar-refractivity contribution in [2.75, 3.05) is 12.4 Å². The number of aryl methyl sites for hydroxylation is 2. The number of nitrogens with zero attached hydrogens (tertiary/aromatic N) is 2. The number of aliphatic imine (C=N–C) groups is 1. The molecule has 0 aliphatic carbocycles. The first-order valence-electron chi connectivity index (χ1n) is 6.66. The van der Waals surface area contributed by atoms with Crippen LogP contribution in [0.4, 0.5) is 10.5 Å². The first-order chi connectivity index (χ1) is 8.99. The van der Waals surface area contributed by atoms with Crippen LogP contribution < -0.4 is 5.32 Å². The Hall–Kier alpha value is -1.84. The fourth-order valence-electron chi connectivity index (χ4n) is 2.36. The van der Waals surface area contributed by atoms with Gasteiger partial charge in [-0.1, -0.05) is 18.2 Å². The number of carbonyl (C=O) groups excluding carboxylic acids is 1. The SMILES string of the molecule is Cc1cccc(C)c1NC(=O)/N=C1/CCC(C)N1C. The Morgan fingerprint density at radius 2 is 2.00 bits per heavy atom. The van der Waals surface area contributed by atoms with Gasteiger partial charge in [-0.15, -0.1) is 0 Å². The maximum Gasteiger partial charge on any atom is 0.347 e. The summed E-state index contributed by atoms with van der Waals surface area (Å²) in [7, 11) is 1.99. The number of benzene rings is 1. The molecule has 0 bridgehead atoms. The molecule has 1 aromatic carbocycles. The molecule has 0 spiro atoms. The maximum atomic E-state index is 12.0. The van der Waals surface area contributed by atoms with E-state index in [-0.39, 0.29) is 6.03 Å². The molecule has 1 atom stereocenters. The van der Waals surface area contributed by atoms with E-state index in [0.717, 1.165) is 35.5 Å². The molecule has 1 aliphatic rings. The number of anilines is 1. The Labute approximate surface area is 114 Å². The zero-order valence-corrected chi connectivity index (χ0v) is 12.0. The van der Waals surface area contributed by atoms with E-state index in [1.54, 1.807) is 0 Å². The topological polar surface area (TPSA) is 44.7 Å². The zero-order valence-electron chi connectivity index (χ0n) is 12.0. The van der Waals surface area contributed by atoms with Crippen LogP contribution in [0.3, 0.4) is 0 Å². The molecule has 1 unspecified atom stereocenters. The minimum atomic E-state index is -0.284. The highest BCUT2D eigenvalue weighted by molar-refractivity contribution is 6.01. The van der Waals surface area contributed by atoms with E-state index in [2.05, 4.69) is 22.1 Å². The van der Waals surface area contributed by atoms with Crippen molar-refractivity contribution in [3.05, 3.63) is 29.3 Å². The summed E-state index contributed by atoms with van der Waals surface area (Å²) in [5, 5.41) is 2.89. The number of amidine groups is 1. The zero-order chi connectivity index (χ0) is 14.0. The van der Waals surface area contributed by atoms with Gasteiger partial charge in [0.05, 0.1) is 0 Å². The van der Waals surface area contributed by atoms with Crippen molar-refractivity contribution in [1.29, 1.82) is 0 Å². The Morgan fingerprint density at radius 3 is 2.53 bits per heavy atom. The fraction of sp³-hybridized carbons (Fsp3) is 0.467. The Bertz CT molecular complexity index is 502. The first kappa shape index (κ1) is 13.6. The van der Waals surface area contributed by atoms with Gasteiger partial charge in [0.2, 0.25) is 0 Å². The summed E-state index contributed by atoms with van der Waals surface area (Å²) in [5.41, 5.74) is 2.98. The van der Waals surface area contributed by atoms with E-state index in [1.807, 2.05) is 39.1 Å². The Balaban J connectivity index is 2.12. The predicted octanol–water partition coefficient (Wildman–Crippen LogP) is 3.35. The lowest BCUT2D eigenvalue weighted by molar-refractivity contribution is 0.259. The van der Waals surface area contributed by atoms with Gasteiger partial charge >= 0.3 is 6.03 Å². The van der Waals surface area contributed by atoms with Crippen LogP contribution in [-0.2, 0) is 0 Å². The Kier molecular flexibility index (Phi) is 3.88. The number of carbonyl (C=O) groups is 1. The molecule has 4 heteroatoms. The molecule has 0 aromatic heterocycles. The summed E-state index contributed by atoms with van der Waals surface area (Å²) in [6.45, 7) is 6.12. The van der Waals surface area contributed by atoms with Crippen LogP contribution in [-0.4, -0.2) is 29.9 Å². The van der Waals surface area contributed by atoms with Crippen molar-refractivity contribution in [2.24, 2.45) is 4.99 Å². The number of nitrogens with one attached hydrogen (secondary N) is 1. The number of urea groups is 1. The third-order valence-electron chi connectivity index (χ3n) is 3.80. The lowest BCUT2D eigenvalue weighted by atomic mass is 10.1. The summed E-state index contributed by atoms with van der Waals surface area (Å²) in [6.07, 6.45) is 1.93. The van der Waals surface area contributed by atoms with E-state index in [9.17, 15) is 4.79 Å². The second-order valence-electron chi connectivity index (χ2n) is 5.22. The molecule has 1 saturated heterocycles. The average molecular weight is 259 g/mol. The van der Waals surface area contributed by atoms with Crippen molar-refractivity contribution in [3.63, 3.8) is 0 Å². The summed E-state index contributed by atoms with van der Waals surface area (Å²) in [4.78, 5) is 18.3. The standard InChI is InChI=1S/C15H21N3O/c1-10-6-5-7-11(2)14(10)17-15(19)16-13-9-8-12(3)18(13)4/h5-7,12H,8-9H2,1-4H3,(H,17,19)/b16-13-. The average Bonchev–Trinajstić information content (AvgIpc) is 2.66. The van der Waals surface area contributed by atoms with Crippen LogP contribution in [0.1, 0.15) is 30.9 Å². The molecule has 1 fully saturated rings. The third-order valence-corrected chi connectivity index (χ3v) is 3.80. The van der Waals surface area contributed by atoms with Gasteiger partial charge in [0, 0.05) is 25.2 Å². The normalized spacial score (nSPS) is 20.9. The minimum Gasteiger partial charge on any atom is -0.360 e. The number of para-hydroxylation sites is 1. The molecule has 2 amide bonds. The van der Waals surface area contributed by atoms with Crippen LogP contribution in [0.15, 0.2) is 23.2 Å². The van der Waals surface area contributed by atoms with E-state index in [1.165, 1.54) is 0 Å². The molecular weight excluding hydrogens is 238 g/mol. The van der Waals surface area contributed by atoms with Gasteiger partial charge in [-0.05, 0) is 38.3 Å². The predicted molar refractivity (Wildman–Crippen MR) is 78.8 cm³/mol.